The molecule has 0 aliphatic carbocycles. The number of benzene rings is 2. The van der Waals surface area contributed by atoms with Crippen LogP contribution in [0.2, 0.25) is 0 Å². The van der Waals surface area contributed by atoms with E-state index in [0.717, 1.165) is 26.4 Å². The number of aromatic nitrogens is 2. The normalized spacial score (nSPS) is 10.7. The van der Waals surface area contributed by atoms with E-state index in [4.69, 9.17) is 4.74 Å². The van der Waals surface area contributed by atoms with Crippen LogP contribution in [0.15, 0.2) is 54.6 Å². The topological polar surface area (TPSA) is 96.1 Å². The predicted molar refractivity (Wildman–Crippen MR) is 118 cm³/mol. The largest absolute Gasteiger partial charge is 0.497 e. The molecule has 0 radical (unpaired) electrons. The van der Waals surface area contributed by atoms with Crippen molar-refractivity contribution in [2.75, 3.05) is 17.7 Å². The monoisotopic (exact) mass is 420 g/mol. The summed E-state index contributed by atoms with van der Waals surface area (Å²) in [6.45, 7) is 1.94. The van der Waals surface area contributed by atoms with E-state index in [1.54, 1.807) is 37.4 Å². The molecule has 152 valence electrons. The van der Waals surface area contributed by atoms with Gasteiger partial charge >= 0.3 is 0 Å². The van der Waals surface area contributed by atoms with E-state index < -0.39 is 0 Å². The molecule has 0 saturated heterocycles. The van der Waals surface area contributed by atoms with Crippen LogP contribution < -0.4 is 15.4 Å². The Hall–Kier alpha value is -3.65. The highest BCUT2D eigenvalue weighted by Gasteiger charge is 2.15. The standard InChI is InChI=1S/C22H20N4O3S/c1-13-4-3-5-14(10-13)21(28)24-20-18-11-17(30-22(18)26-25-20)12-19(27)23-15-6-8-16(29-2)9-7-15/h3-11H,12H2,1-2H3,(H,23,27)(H2,24,25,26,28). The first kappa shape index (κ1) is 19.7. The average molecular weight is 420 g/mol. The molecule has 0 atom stereocenters. The van der Waals surface area contributed by atoms with Gasteiger partial charge in [0.15, 0.2) is 0 Å². The zero-order valence-corrected chi connectivity index (χ0v) is 17.3. The quantitative estimate of drug-likeness (QED) is 0.431. The lowest BCUT2D eigenvalue weighted by atomic mass is 10.1. The van der Waals surface area contributed by atoms with Crippen LogP contribution in [0.1, 0.15) is 20.8 Å². The number of nitrogens with one attached hydrogen (secondary N) is 3. The van der Waals surface area contributed by atoms with Crippen molar-refractivity contribution in [3.05, 3.63) is 70.6 Å². The van der Waals surface area contributed by atoms with Crippen LogP contribution in [-0.2, 0) is 11.2 Å². The number of H-pyrrole nitrogens is 1. The molecule has 0 spiro atoms. The summed E-state index contributed by atoms with van der Waals surface area (Å²) in [5, 5.41) is 13.6. The van der Waals surface area contributed by atoms with Gasteiger partial charge in [0, 0.05) is 16.1 Å². The van der Waals surface area contributed by atoms with Gasteiger partial charge in [-0.15, -0.1) is 11.3 Å². The van der Waals surface area contributed by atoms with Gasteiger partial charge in [-0.3, -0.25) is 14.7 Å². The van der Waals surface area contributed by atoms with Crippen LogP contribution in [-0.4, -0.2) is 29.1 Å². The number of amides is 2. The Kier molecular flexibility index (Phi) is 5.49. The third kappa shape index (κ3) is 4.33. The van der Waals surface area contributed by atoms with Crippen LogP contribution >= 0.6 is 11.3 Å². The van der Waals surface area contributed by atoms with Crippen molar-refractivity contribution in [2.24, 2.45) is 0 Å². The number of anilines is 2. The highest BCUT2D eigenvalue weighted by molar-refractivity contribution is 7.18. The van der Waals surface area contributed by atoms with Gasteiger partial charge in [0.05, 0.1) is 18.9 Å². The van der Waals surface area contributed by atoms with E-state index in [1.807, 2.05) is 31.2 Å². The second kappa shape index (κ2) is 8.38. The first-order valence-corrected chi connectivity index (χ1v) is 10.1. The van der Waals surface area contributed by atoms with Gasteiger partial charge in [0.2, 0.25) is 5.91 Å². The second-order valence-electron chi connectivity index (χ2n) is 6.81. The first-order valence-electron chi connectivity index (χ1n) is 9.30. The van der Waals surface area contributed by atoms with E-state index in [9.17, 15) is 9.59 Å². The molecule has 2 aromatic heterocycles. The SMILES string of the molecule is COc1ccc(NC(=O)Cc2cc3c(NC(=O)c4cccc(C)c4)[nH]nc3s2)cc1. The first-order chi connectivity index (χ1) is 14.5. The Morgan fingerprint density at radius 3 is 2.63 bits per heavy atom. The third-order valence-electron chi connectivity index (χ3n) is 4.53. The fourth-order valence-corrected chi connectivity index (χ4v) is 4.04. The molecule has 7 nitrogen and oxygen atoms in total. The molecular weight excluding hydrogens is 400 g/mol. The number of thiophene rings is 1. The predicted octanol–water partition coefficient (Wildman–Crippen LogP) is 4.37. The lowest BCUT2D eigenvalue weighted by molar-refractivity contribution is -0.115. The van der Waals surface area contributed by atoms with Crippen molar-refractivity contribution in [2.45, 2.75) is 13.3 Å². The zero-order valence-electron chi connectivity index (χ0n) is 16.5. The van der Waals surface area contributed by atoms with Crippen LogP contribution in [0.25, 0.3) is 10.2 Å². The molecule has 4 rings (SSSR count). The van der Waals surface area contributed by atoms with E-state index in [0.29, 0.717) is 17.1 Å². The second-order valence-corrected chi connectivity index (χ2v) is 7.92. The lowest BCUT2D eigenvalue weighted by Crippen LogP contribution is -2.13. The number of fused-ring (bicyclic) bond motifs is 1. The fourth-order valence-electron chi connectivity index (χ4n) is 3.05. The van der Waals surface area contributed by atoms with Crippen molar-refractivity contribution in [1.29, 1.82) is 0 Å². The van der Waals surface area contributed by atoms with Crippen molar-refractivity contribution in [3.63, 3.8) is 0 Å². The van der Waals surface area contributed by atoms with Gasteiger partial charge in [-0.1, -0.05) is 17.7 Å². The molecule has 0 aliphatic rings. The van der Waals surface area contributed by atoms with E-state index in [1.165, 1.54) is 11.3 Å². The van der Waals surface area contributed by atoms with Gasteiger partial charge in [-0.25, -0.2) is 0 Å². The van der Waals surface area contributed by atoms with Crippen molar-refractivity contribution >= 4 is 44.9 Å². The number of hydrogen-bond donors (Lipinski definition) is 3. The minimum Gasteiger partial charge on any atom is -0.497 e. The fraction of sp³-hybridized carbons (Fsp3) is 0.136. The summed E-state index contributed by atoms with van der Waals surface area (Å²) >= 11 is 1.41. The maximum atomic E-state index is 12.5. The Bertz CT molecular complexity index is 1210. The highest BCUT2D eigenvalue weighted by Crippen LogP contribution is 2.30. The molecule has 0 unspecified atom stereocenters. The molecule has 0 saturated carbocycles. The molecule has 0 bridgehead atoms. The smallest absolute Gasteiger partial charge is 0.256 e. The summed E-state index contributed by atoms with van der Waals surface area (Å²) < 4.78 is 5.12. The summed E-state index contributed by atoms with van der Waals surface area (Å²) in [7, 11) is 1.60. The number of methoxy groups -OCH3 is 1. The minimum atomic E-state index is -0.214. The van der Waals surface area contributed by atoms with Gasteiger partial charge in [-0.2, -0.15) is 5.10 Å². The maximum Gasteiger partial charge on any atom is 0.256 e. The Labute approximate surface area is 177 Å². The minimum absolute atomic E-state index is 0.126. The summed E-state index contributed by atoms with van der Waals surface area (Å²) in [4.78, 5) is 26.5. The molecule has 0 fully saturated rings. The average Bonchev–Trinajstić information content (AvgIpc) is 3.29. The van der Waals surface area contributed by atoms with Crippen LogP contribution in [0.4, 0.5) is 11.5 Å². The third-order valence-corrected chi connectivity index (χ3v) is 5.56. The van der Waals surface area contributed by atoms with Gasteiger partial charge < -0.3 is 15.4 Å². The van der Waals surface area contributed by atoms with Crippen LogP contribution in [0, 0.1) is 6.92 Å². The molecule has 2 amide bonds. The number of carbonyl (C=O) groups excluding carboxylic acids is 2. The summed E-state index contributed by atoms with van der Waals surface area (Å²) in [5.41, 5.74) is 2.29. The number of aryl methyl sites for hydroxylation is 1. The Balaban J connectivity index is 1.44. The molecule has 3 N–H and O–H groups in total. The Morgan fingerprint density at radius 1 is 1.10 bits per heavy atom. The maximum absolute atomic E-state index is 12.5. The molecule has 8 heteroatoms. The number of carbonyl (C=O) groups is 2. The number of rotatable bonds is 6. The van der Waals surface area contributed by atoms with Crippen molar-refractivity contribution < 1.29 is 14.3 Å². The van der Waals surface area contributed by atoms with Gasteiger partial charge in [0.1, 0.15) is 16.4 Å². The van der Waals surface area contributed by atoms with E-state index in [-0.39, 0.29) is 18.2 Å². The van der Waals surface area contributed by atoms with Gasteiger partial charge in [0.25, 0.3) is 5.91 Å². The van der Waals surface area contributed by atoms with Crippen LogP contribution in [0.5, 0.6) is 5.75 Å². The van der Waals surface area contributed by atoms with Crippen molar-refractivity contribution in [3.8, 4) is 5.75 Å². The summed E-state index contributed by atoms with van der Waals surface area (Å²) in [6, 6.07) is 16.4. The number of aromatic amines is 1. The molecule has 0 aliphatic heterocycles. The van der Waals surface area contributed by atoms with Crippen LogP contribution in [0.3, 0.4) is 0 Å². The molecule has 30 heavy (non-hydrogen) atoms. The number of hydrogen-bond acceptors (Lipinski definition) is 5. The number of nitrogens with zero attached hydrogens (tertiary/aromatic N) is 1. The molecule has 2 aromatic carbocycles. The van der Waals surface area contributed by atoms with E-state index in [2.05, 4.69) is 20.8 Å². The summed E-state index contributed by atoms with van der Waals surface area (Å²) in [6.07, 6.45) is 0.221. The zero-order chi connectivity index (χ0) is 21.1. The summed E-state index contributed by atoms with van der Waals surface area (Å²) in [5.74, 6) is 0.912. The van der Waals surface area contributed by atoms with Gasteiger partial charge in [-0.05, 0) is 49.4 Å². The highest BCUT2D eigenvalue weighted by atomic mass is 32.1. The lowest BCUT2D eigenvalue weighted by Gasteiger charge is -2.05. The molecular formula is C22H20N4O3S. The molecule has 2 heterocycles. The Morgan fingerprint density at radius 2 is 1.90 bits per heavy atom. The van der Waals surface area contributed by atoms with E-state index >= 15 is 0 Å². The molecule has 4 aromatic rings. The number of ether oxygens (including phenoxy) is 1. The van der Waals surface area contributed by atoms with Crippen molar-refractivity contribution in [1.82, 2.24) is 10.2 Å².